The zero-order valence-electron chi connectivity index (χ0n) is 12.3. The molecule has 4 heteroatoms. The molecule has 114 valence electrons. The summed E-state index contributed by atoms with van der Waals surface area (Å²) in [6, 6.07) is 18.3. The third-order valence-corrected chi connectivity index (χ3v) is 3.39. The zero-order chi connectivity index (χ0) is 15.9. The summed E-state index contributed by atoms with van der Waals surface area (Å²) >= 11 is 0. The van der Waals surface area contributed by atoms with Crippen molar-refractivity contribution in [2.75, 3.05) is 0 Å². The van der Waals surface area contributed by atoms with E-state index < -0.39 is 24.0 Å². The van der Waals surface area contributed by atoms with E-state index in [-0.39, 0.29) is 0 Å². The Hall–Kier alpha value is -2.62. The number of hydrogen-bond acceptors (Lipinski definition) is 3. The van der Waals surface area contributed by atoms with Crippen LogP contribution in [0, 0.1) is 0 Å². The van der Waals surface area contributed by atoms with Crippen LogP contribution in [0.3, 0.4) is 0 Å². The highest BCUT2D eigenvalue weighted by molar-refractivity contribution is 5.78. The maximum Gasteiger partial charge on any atom is 0.314 e. The summed E-state index contributed by atoms with van der Waals surface area (Å²) in [5.74, 6) is -2.39. The minimum atomic E-state index is -1.01. The van der Waals surface area contributed by atoms with Gasteiger partial charge in [-0.3, -0.25) is 9.59 Å². The second-order valence-corrected chi connectivity index (χ2v) is 5.06. The normalized spacial score (nSPS) is 13.1. The Labute approximate surface area is 129 Å². The van der Waals surface area contributed by atoms with Crippen LogP contribution in [0.2, 0.25) is 0 Å². The monoisotopic (exact) mass is 298 g/mol. The highest BCUT2D eigenvalue weighted by atomic mass is 16.5. The molecule has 2 rings (SSSR count). The third kappa shape index (κ3) is 4.19. The lowest BCUT2D eigenvalue weighted by atomic mass is 9.89. The predicted molar refractivity (Wildman–Crippen MR) is 82.5 cm³/mol. The molecule has 2 aromatic carbocycles. The molecule has 0 fully saturated rings. The number of carbonyl (C=O) groups excluding carboxylic acids is 1. The molecule has 0 unspecified atom stereocenters. The van der Waals surface area contributed by atoms with Gasteiger partial charge in [-0.15, -0.1) is 0 Å². The molecule has 0 aliphatic heterocycles. The van der Waals surface area contributed by atoms with Gasteiger partial charge in [-0.25, -0.2) is 0 Å². The lowest BCUT2D eigenvalue weighted by Gasteiger charge is -2.24. The fourth-order valence-corrected chi connectivity index (χ4v) is 2.46. The maximum atomic E-state index is 11.7. The molecule has 2 atom stereocenters. The van der Waals surface area contributed by atoms with Crippen LogP contribution in [0.25, 0.3) is 0 Å². The highest BCUT2D eigenvalue weighted by Gasteiger charge is 2.32. The SMILES string of the molecule is CC(=O)O[C@@H](Cc1ccccc1)[C@H](C(=O)O)c1ccccc1. The number of aliphatic carboxylic acids is 1. The summed E-state index contributed by atoms with van der Waals surface area (Å²) in [5.41, 5.74) is 1.55. The fraction of sp³-hybridized carbons (Fsp3) is 0.222. The van der Waals surface area contributed by atoms with Crippen LogP contribution in [0.1, 0.15) is 24.0 Å². The van der Waals surface area contributed by atoms with Gasteiger partial charge in [0.05, 0.1) is 0 Å². The largest absolute Gasteiger partial charge is 0.481 e. The van der Waals surface area contributed by atoms with E-state index in [9.17, 15) is 14.7 Å². The first-order chi connectivity index (χ1) is 10.6. The molecule has 0 heterocycles. The van der Waals surface area contributed by atoms with Gasteiger partial charge in [0.25, 0.3) is 0 Å². The molecular formula is C18H18O4. The first-order valence-corrected chi connectivity index (χ1v) is 7.07. The minimum Gasteiger partial charge on any atom is -0.481 e. The van der Waals surface area contributed by atoms with E-state index in [0.717, 1.165) is 5.56 Å². The summed E-state index contributed by atoms with van der Waals surface area (Å²) in [6.45, 7) is 1.29. The van der Waals surface area contributed by atoms with Crippen LogP contribution in [0.15, 0.2) is 60.7 Å². The van der Waals surface area contributed by atoms with E-state index in [2.05, 4.69) is 0 Å². The van der Waals surface area contributed by atoms with Crippen LogP contribution >= 0.6 is 0 Å². The number of carbonyl (C=O) groups is 2. The smallest absolute Gasteiger partial charge is 0.314 e. The molecular weight excluding hydrogens is 280 g/mol. The van der Waals surface area contributed by atoms with E-state index in [0.29, 0.717) is 12.0 Å². The number of benzene rings is 2. The number of carboxylic acid groups (broad SMARTS) is 1. The maximum absolute atomic E-state index is 11.7. The summed E-state index contributed by atoms with van der Waals surface area (Å²) in [6.07, 6.45) is -0.397. The van der Waals surface area contributed by atoms with E-state index in [1.165, 1.54) is 6.92 Å². The minimum absolute atomic E-state index is 0.353. The Bertz CT molecular complexity index is 622. The fourth-order valence-electron chi connectivity index (χ4n) is 2.46. The molecule has 0 aromatic heterocycles. The van der Waals surface area contributed by atoms with Crippen molar-refractivity contribution in [1.82, 2.24) is 0 Å². The molecule has 0 saturated heterocycles. The first kappa shape index (κ1) is 15.8. The molecule has 0 spiro atoms. The number of esters is 1. The van der Waals surface area contributed by atoms with Gasteiger partial charge in [0.2, 0.25) is 0 Å². The van der Waals surface area contributed by atoms with Gasteiger partial charge >= 0.3 is 11.9 Å². The third-order valence-electron chi connectivity index (χ3n) is 3.39. The summed E-state index contributed by atoms with van der Waals surface area (Å²) < 4.78 is 5.31. The Morgan fingerprint density at radius 2 is 1.55 bits per heavy atom. The van der Waals surface area contributed by atoms with Gasteiger partial charge in [-0.05, 0) is 11.1 Å². The molecule has 1 N–H and O–H groups in total. The topological polar surface area (TPSA) is 63.6 Å². The Morgan fingerprint density at radius 3 is 2.05 bits per heavy atom. The van der Waals surface area contributed by atoms with Crippen molar-refractivity contribution in [3.05, 3.63) is 71.8 Å². The second kappa shape index (κ2) is 7.41. The van der Waals surface area contributed by atoms with Gasteiger partial charge in [0, 0.05) is 13.3 Å². The van der Waals surface area contributed by atoms with E-state index in [1.807, 2.05) is 36.4 Å². The van der Waals surface area contributed by atoms with Crippen molar-refractivity contribution in [2.45, 2.75) is 25.4 Å². The van der Waals surface area contributed by atoms with Gasteiger partial charge in [0.1, 0.15) is 12.0 Å². The van der Waals surface area contributed by atoms with Crippen molar-refractivity contribution in [3.8, 4) is 0 Å². The number of rotatable bonds is 6. The van der Waals surface area contributed by atoms with Crippen LogP contribution in [0.5, 0.6) is 0 Å². The molecule has 22 heavy (non-hydrogen) atoms. The van der Waals surface area contributed by atoms with E-state index in [1.54, 1.807) is 24.3 Å². The average Bonchev–Trinajstić information content (AvgIpc) is 2.48. The molecule has 0 aliphatic carbocycles. The Kier molecular flexibility index (Phi) is 5.31. The van der Waals surface area contributed by atoms with Gasteiger partial charge in [-0.2, -0.15) is 0 Å². The molecule has 0 aliphatic rings. The number of carboxylic acids is 1. The molecule has 0 saturated carbocycles. The van der Waals surface area contributed by atoms with Crippen LogP contribution in [0.4, 0.5) is 0 Å². The second-order valence-electron chi connectivity index (χ2n) is 5.06. The van der Waals surface area contributed by atoms with Gasteiger partial charge in [0.15, 0.2) is 0 Å². The van der Waals surface area contributed by atoms with Crippen molar-refractivity contribution in [1.29, 1.82) is 0 Å². The van der Waals surface area contributed by atoms with Crippen molar-refractivity contribution in [3.63, 3.8) is 0 Å². The van der Waals surface area contributed by atoms with E-state index >= 15 is 0 Å². The molecule has 4 nitrogen and oxygen atoms in total. The quantitative estimate of drug-likeness (QED) is 0.833. The zero-order valence-corrected chi connectivity index (χ0v) is 12.3. The first-order valence-electron chi connectivity index (χ1n) is 7.07. The van der Waals surface area contributed by atoms with Crippen LogP contribution in [-0.4, -0.2) is 23.1 Å². The number of hydrogen-bond donors (Lipinski definition) is 1. The Balaban J connectivity index is 2.32. The average molecular weight is 298 g/mol. The summed E-state index contributed by atoms with van der Waals surface area (Å²) in [5, 5.41) is 9.60. The van der Waals surface area contributed by atoms with Crippen LogP contribution in [-0.2, 0) is 20.7 Å². The Morgan fingerprint density at radius 1 is 1.00 bits per heavy atom. The lowest BCUT2D eigenvalue weighted by Crippen LogP contribution is -2.32. The molecule has 2 aromatic rings. The molecule has 0 bridgehead atoms. The predicted octanol–water partition coefficient (Wildman–Crippen LogP) is 3.03. The highest BCUT2D eigenvalue weighted by Crippen LogP contribution is 2.25. The summed E-state index contributed by atoms with van der Waals surface area (Å²) in [4.78, 5) is 23.1. The van der Waals surface area contributed by atoms with Crippen molar-refractivity contribution >= 4 is 11.9 Å². The van der Waals surface area contributed by atoms with Crippen molar-refractivity contribution in [2.24, 2.45) is 0 Å². The number of ether oxygens (including phenoxy) is 1. The van der Waals surface area contributed by atoms with Gasteiger partial charge < -0.3 is 9.84 Å². The van der Waals surface area contributed by atoms with E-state index in [4.69, 9.17) is 4.74 Å². The molecule has 0 amide bonds. The molecule has 0 radical (unpaired) electrons. The van der Waals surface area contributed by atoms with Crippen LogP contribution < -0.4 is 0 Å². The standard InChI is InChI=1S/C18H18O4/c1-13(19)22-16(12-14-8-4-2-5-9-14)17(18(20)21)15-10-6-3-7-11-15/h2-11,16-17H,12H2,1H3,(H,20,21)/t16-,17+/m0/s1. The van der Waals surface area contributed by atoms with Gasteiger partial charge in [-0.1, -0.05) is 60.7 Å². The lowest BCUT2D eigenvalue weighted by molar-refractivity contribution is -0.152. The van der Waals surface area contributed by atoms with Crippen molar-refractivity contribution < 1.29 is 19.4 Å². The summed E-state index contributed by atoms with van der Waals surface area (Å²) in [7, 11) is 0.